The van der Waals surface area contributed by atoms with Crippen LogP contribution in [0.1, 0.15) is 21.5 Å². The Kier molecular flexibility index (Phi) is 7.66. The maximum absolute atomic E-state index is 13.2. The molecule has 0 aliphatic rings. The normalized spacial score (nSPS) is 10.7. The highest BCUT2D eigenvalue weighted by Gasteiger charge is 2.21. The lowest BCUT2D eigenvalue weighted by Crippen LogP contribution is -2.40. The Morgan fingerprint density at radius 2 is 1.49 bits per heavy atom. The molecule has 0 aliphatic heterocycles. The summed E-state index contributed by atoms with van der Waals surface area (Å²) in [6.45, 7) is 1.73. The van der Waals surface area contributed by atoms with Crippen LogP contribution in [0.5, 0.6) is 11.5 Å². The van der Waals surface area contributed by atoms with Gasteiger partial charge in [0.25, 0.3) is 11.8 Å². The van der Waals surface area contributed by atoms with Crippen LogP contribution in [-0.2, 0) is 4.79 Å². The standard InChI is InChI=1S/C29H25N3O3/c1-22-11-8-9-18-27(22)32(29(34)24-13-4-2-5-14-24)21-28(33)31-30-20-23-12-10-17-26(19-23)35-25-15-6-3-7-16-25/h2-20H,21H2,1H3,(H,31,33). The molecule has 0 heterocycles. The van der Waals surface area contributed by atoms with Gasteiger partial charge in [0, 0.05) is 11.3 Å². The van der Waals surface area contributed by atoms with E-state index in [0.29, 0.717) is 17.0 Å². The lowest BCUT2D eigenvalue weighted by Gasteiger charge is -2.23. The summed E-state index contributed by atoms with van der Waals surface area (Å²) < 4.78 is 5.83. The van der Waals surface area contributed by atoms with E-state index in [1.807, 2.05) is 91.9 Å². The topological polar surface area (TPSA) is 71.0 Å². The summed E-state index contributed by atoms with van der Waals surface area (Å²) in [4.78, 5) is 27.4. The van der Waals surface area contributed by atoms with Gasteiger partial charge in [-0.3, -0.25) is 14.5 Å². The van der Waals surface area contributed by atoms with Gasteiger partial charge in [-0.25, -0.2) is 5.43 Å². The molecule has 0 saturated heterocycles. The maximum atomic E-state index is 13.2. The quantitative estimate of drug-likeness (QED) is 0.274. The number of carbonyl (C=O) groups is 2. The third-order valence-corrected chi connectivity index (χ3v) is 5.21. The molecule has 4 aromatic carbocycles. The Balaban J connectivity index is 1.44. The molecule has 0 radical (unpaired) electrons. The van der Waals surface area contributed by atoms with E-state index in [4.69, 9.17) is 4.74 Å². The molecule has 0 unspecified atom stereocenters. The van der Waals surface area contributed by atoms with Crippen molar-refractivity contribution in [1.29, 1.82) is 0 Å². The van der Waals surface area contributed by atoms with Crippen molar-refractivity contribution < 1.29 is 14.3 Å². The van der Waals surface area contributed by atoms with Gasteiger partial charge in [-0.15, -0.1) is 0 Å². The van der Waals surface area contributed by atoms with Crippen molar-refractivity contribution >= 4 is 23.7 Å². The summed E-state index contributed by atoms with van der Waals surface area (Å²) >= 11 is 0. The lowest BCUT2D eigenvalue weighted by atomic mass is 10.1. The van der Waals surface area contributed by atoms with Crippen molar-refractivity contribution in [2.24, 2.45) is 5.10 Å². The second-order valence-electron chi connectivity index (χ2n) is 7.82. The van der Waals surface area contributed by atoms with Crippen LogP contribution in [0.2, 0.25) is 0 Å². The Morgan fingerprint density at radius 1 is 0.829 bits per heavy atom. The number of hydrogen-bond donors (Lipinski definition) is 1. The zero-order chi connectivity index (χ0) is 24.5. The van der Waals surface area contributed by atoms with Crippen molar-refractivity contribution in [3.05, 3.63) is 126 Å². The fourth-order valence-electron chi connectivity index (χ4n) is 3.51. The van der Waals surface area contributed by atoms with Crippen LogP contribution in [0.3, 0.4) is 0 Å². The number of para-hydroxylation sites is 2. The minimum absolute atomic E-state index is 0.174. The van der Waals surface area contributed by atoms with Crippen molar-refractivity contribution in [3.8, 4) is 11.5 Å². The summed E-state index contributed by atoms with van der Waals surface area (Å²) in [5.41, 5.74) is 5.35. The summed E-state index contributed by atoms with van der Waals surface area (Å²) in [6.07, 6.45) is 1.53. The number of benzene rings is 4. The number of carbonyl (C=O) groups excluding carboxylic acids is 2. The van der Waals surface area contributed by atoms with Crippen molar-refractivity contribution in [2.45, 2.75) is 6.92 Å². The molecule has 1 N–H and O–H groups in total. The molecule has 2 amide bonds. The summed E-state index contributed by atoms with van der Waals surface area (Å²) in [6, 6.07) is 33.2. The van der Waals surface area contributed by atoms with Crippen LogP contribution in [-0.4, -0.2) is 24.6 Å². The molecule has 0 bridgehead atoms. The predicted octanol–water partition coefficient (Wildman–Crippen LogP) is 5.58. The summed E-state index contributed by atoms with van der Waals surface area (Å²) in [5, 5.41) is 4.07. The molecular weight excluding hydrogens is 438 g/mol. The number of nitrogens with one attached hydrogen (secondary N) is 1. The zero-order valence-corrected chi connectivity index (χ0v) is 19.3. The molecular formula is C29H25N3O3. The second kappa shape index (κ2) is 11.4. The Morgan fingerprint density at radius 3 is 2.23 bits per heavy atom. The molecule has 174 valence electrons. The number of hydrogen-bond acceptors (Lipinski definition) is 4. The number of hydrazone groups is 1. The van der Waals surface area contributed by atoms with Crippen molar-refractivity contribution in [2.75, 3.05) is 11.4 Å². The van der Waals surface area contributed by atoms with Crippen molar-refractivity contribution in [1.82, 2.24) is 5.43 Å². The van der Waals surface area contributed by atoms with Crippen LogP contribution in [0.25, 0.3) is 0 Å². The van der Waals surface area contributed by atoms with Crippen LogP contribution in [0.15, 0.2) is 114 Å². The smallest absolute Gasteiger partial charge is 0.260 e. The first-order valence-corrected chi connectivity index (χ1v) is 11.2. The fraction of sp³-hybridized carbons (Fsp3) is 0.0690. The fourth-order valence-corrected chi connectivity index (χ4v) is 3.51. The molecule has 0 atom stereocenters. The highest BCUT2D eigenvalue weighted by Crippen LogP contribution is 2.22. The number of aryl methyl sites for hydroxylation is 1. The van der Waals surface area contributed by atoms with E-state index in [9.17, 15) is 9.59 Å². The second-order valence-corrected chi connectivity index (χ2v) is 7.82. The van der Waals surface area contributed by atoms with Crippen LogP contribution < -0.4 is 15.1 Å². The average molecular weight is 464 g/mol. The van der Waals surface area contributed by atoms with Gasteiger partial charge in [-0.05, 0) is 60.5 Å². The van der Waals surface area contributed by atoms with Crippen LogP contribution >= 0.6 is 0 Å². The van der Waals surface area contributed by atoms with E-state index in [-0.39, 0.29) is 12.5 Å². The first kappa shape index (κ1) is 23.4. The first-order valence-electron chi connectivity index (χ1n) is 11.2. The van der Waals surface area contributed by atoms with Gasteiger partial charge in [0.2, 0.25) is 0 Å². The third-order valence-electron chi connectivity index (χ3n) is 5.21. The lowest BCUT2D eigenvalue weighted by molar-refractivity contribution is -0.119. The number of ether oxygens (including phenoxy) is 1. The third kappa shape index (κ3) is 6.42. The molecule has 0 spiro atoms. The molecule has 35 heavy (non-hydrogen) atoms. The molecule has 0 fully saturated rings. The Hall–Kier alpha value is -4.71. The van der Waals surface area contributed by atoms with Crippen LogP contribution in [0, 0.1) is 6.92 Å². The van der Waals surface area contributed by atoms with E-state index in [1.165, 1.54) is 11.1 Å². The van der Waals surface area contributed by atoms with Gasteiger partial charge in [-0.2, -0.15) is 5.10 Å². The number of anilines is 1. The monoisotopic (exact) mass is 463 g/mol. The largest absolute Gasteiger partial charge is 0.457 e. The van der Waals surface area contributed by atoms with Gasteiger partial charge in [0.1, 0.15) is 18.0 Å². The molecule has 6 nitrogen and oxygen atoms in total. The summed E-state index contributed by atoms with van der Waals surface area (Å²) in [7, 11) is 0. The minimum atomic E-state index is -0.412. The van der Waals surface area contributed by atoms with Crippen molar-refractivity contribution in [3.63, 3.8) is 0 Å². The average Bonchev–Trinajstić information content (AvgIpc) is 2.89. The van der Waals surface area contributed by atoms with Crippen LogP contribution in [0.4, 0.5) is 5.69 Å². The van der Waals surface area contributed by atoms with E-state index in [0.717, 1.165) is 16.9 Å². The highest BCUT2D eigenvalue weighted by molar-refractivity contribution is 6.09. The minimum Gasteiger partial charge on any atom is -0.457 e. The molecule has 0 aromatic heterocycles. The summed E-state index contributed by atoms with van der Waals surface area (Å²) in [5.74, 6) is 0.718. The van der Waals surface area contributed by atoms with E-state index < -0.39 is 5.91 Å². The van der Waals surface area contributed by atoms with Gasteiger partial charge < -0.3 is 4.74 Å². The maximum Gasteiger partial charge on any atom is 0.260 e. The highest BCUT2D eigenvalue weighted by atomic mass is 16.5. The van der Waals surface area contributed by atoms with E-state index in [1.54, 1.807) is 24.3 Å². The molecule has 6 heteroatoms. The molecule has 0 aliphatic carbocycles. The Labute approximate surface area is 204 Å². The molecule has 4 aromatic rings. The number of amides is 2. The molecule has 0 saturated carbocycles. The Bertz CT molecular complexity index is 1320. The van der Waals surface area contributed by atoms with E-state index >= 15 is 0 Å². The SMILES string of the molecule is Cc1ccccc1N(CC(=O)NN=Cc1cccc(Oc2ccccc2)c1)C(=O)c1ccccc1. The van der Waals surface area contributed by atoms with Gasteiger partial charge in [0.05, 0.1) is 6.21 Å². The van der Waals surface area contributed by atoms with Gasteiger partial charge in [-0.1, -0.05) is 66.7 Å². The van der Waals surface area contributed by atoms with Gasteiger partial charge in [0.15, 0.2) is 0 Å². The number of nitrogens with zero attached hydrogens (tertiary/aromatic N) is 2. The van der Waals surface area contributed by atoms with Gasteiger partial charge >= 0.3 is 0 Å². The van der Waals surface area contributed by atoms with E-state index in [2.05, 4.69) is 10.5 Å². The first-order chi connectivity index (χ1) is 17.1. The number of rotatable bonds is 8. The molecule has 4 rings (SSSR count). The predicted molar refractivity (Wildman–Crippen MR) is 138 cm³/mol. The zero-order valence-electron chi connectivity index (χ0n) is 19.3.